The van der Waals surface area contributed by atoms with E-state index < -0.39 is 10.0 Å². The Balaban J connectivity index is 1.61. The number of halogens is 2. The fourth-order valence-corrected chi connectivity index (χ4v) is 4.43. The summed E-state index contributed by atoms with van der Waals surface area (Å²) >= 11 is 6.71. The van der Waals surface area contributed by atoms with Gasteiger partial charge in [-0.25, -0.2) is 17.5 Å². The van der Waals surface area contributed by atoms with E-state index in [1.807, 2.05) is 0 Å². The van der Waals surface area contributed by atoms with Crippen LogP contribution in [0.4, 0.5) is 4.39 Å². The lowest BCUT2D eigenvalue weighted by atomic mass is 10.2. The van der Waals surface area contributed by atoms with Crippen molar-refractivity contribution in [2.75, 3.05) is 6.54 Å². The SMILES string of the molecule is O=S(=O)(NCCc1nnc(-c2ccc(F)cc2)o1)c1ccc(Cl)s1. The first-order chi connectivity index (χ1) is 11.4. The van der Waals surface area contributed by atoms with Gasteiger partial charge >= 0.3 is 0 Å². The fraction of sp³-hybridized carbons (Fsp3) is 0.143. The van der Waals surface area contributed by atoms with Gasteiger partial charge in [0.25, 0.3) is 0 Å². The van der Waals surface area contributed by atoms with Crippen LogP contribution in [0.1, 0.15) is 5.89 Å². The zero-order valence-corrected chi connectivity index (χ0v) is 14.5. The van der Waals surface area contributed by atoms with Crippen LogP contribution in [0.3, 0.4) is 0 Å². The van der Waals surface area contributed by atoms with Crippen molar-refractivity contribution < 1.29 is 17.2 Å². The van der Waals surface area contributed by atoms with Crippen molar-refractivity contribution in [3.05, 3.63) is 52.4 Å². The lowest BCUT2D eigenvalue weighted by Crippen LogP contribution is -2.25. The van der Waals surface area contributed by atoms with E-state index >= 15 is 0 Å². The third-order valence-electron chi connectivity index (χ3n) is 3.00. The second-order valence-corrected chi connectivity index (χ2v) is 8.42. The van der Waals surface area contributed by atoms with Gasteiger partial charge in [0.1, 0.15) is 10.0 Å². The number of hydrogen-bond acceptors (Lipinski definition) is 6. The average Bonchev–Trinajstić information content (AvgIpc) is 3.17. The standard InChI is InChI=1S/C14H11ClFN3O3S2/c15-11-5-6-13(23-11)24(20,21)17-8-7-12-18-19-14(22-12)9-1-3-10(16)4-2-9/h1-6,17H,7-8H2. The molecular formula is C14H11ClFN3O3S2. The smallest absolute Gasteiger partial charge is 0.250 e. The predicted molar refractivity (Wildman–Crippen MR) is 87.9 cm³/mol. The van der Waals surface area contributed by atoms with E-state index in [0.717, 1.165) is 11.3 Å². The molecule has 10 heteroatoms. The van der Waals surface area contributed by atoms with E-state index in [4.69, 9.17) is 16.0 Å². The summed E-state index contributed by atoms with van der Waals surface area (Å²) in [5, 5.41) is 7.71. The van der Waals surface area contributed by atoms with Crippen LogP contribution in [0.5, 0.6) is 0 Å². The number of nitrogens with zero attached hydrogens (tertiary/aromatic N) is 2. The number of thiophene rings is 1. The first-order valence-electron chi connectivity index (χ1n) is 6.77. The summed E-state index contributed by atoms with van der Waals surface area (Å²) < 4.78 is 45.4. The van der Waals surface area contributed by atoms with Crippen LogP contribution >= 0.6 is 22.9 Å². The molecule has 2 heterocycles. The molecule has 0 radical (unpaired) electrons. The number of nitrogens with one attached hydrogen (secondary N) is 1. The molecule has 24 heavy (non-hydrogen) atoms. The number of hydrogen-bond donors (Lipinski definition) is 1. The van der Waals surface area contributed by atoms with Crippen LogP contribution in [0.15, 0.2) is 45.0 Å². The summed E-state index contributed by atoms with van der Waals surface area (Å²) in [7, 11) is -3.61. The molecule has 0 amide bonds. The molecule has 126 valence electrons. The molecule has 0 aliphatic carbocycles. The molecule has 0 aliphatic rings. The van der Waals surface area contributed by atoms with Gasteiger partial charge < -0.3 is 4.42 Å². The Bertz CT molecular complexity index is 938. The highest BCUT2D eigenvalue weighted by Crippen LogP contribution is 2.25. The number of rotatable bonds is 6. The first-order valence-corrected chi connectivity index (χ1v) is 9.45. The molecule has 0 bridgehead atoms. The third kappa shape index (κ3) is 3.99. The molecule has 0 unspecified atom stereocenters. The highest BCUT2D eigenvalue weighted by atomic mass is 35.5. The fourth-order valence-electron chi connectivity index (χ4n) is 1.87. The minimum atomic E-state index is -3.61. The lowest BCUT2D eigenvalue weighted by Gasteiger charge is -2.02. The van der Waals surface area contributed by atoms with Gasteiger partial charge in [-0.15, -0.1) is 21.5 Å². The minimum absolute atomic E-state index is 0.100. The van der Waals surface area contributed by atoms with Gasteiger partial charge in [0.15, 0.2) is 0 Å². The summed E-state index contributed by atoms with van der Waals surface area (Å²) in [4.78, 5) is 0. The molecule has 3 aromatic rings. The van der Waals surface area contributed by atoms with Crippen LogP contribution in [0.25, 0.3) is 11.5 Å². The van der Waals surface area contributed by atoms with Gasteiger partial charge in [0.2, 0.25) is 21.8 Å². The summed E-state index contributed by atoms with van der Waals surface area (Å²) in [5.74, 6) is 0.167. The van der Waals surface area contributed by atoms with E-state index in [1.54, 1.807) is 0 Å². The van der Waals surface area contributed by atoms with Gasteiger partial charge in [0.05, 0.1) is 4.34 Å². The average molecular weight is 388 g/mol. The largest absolute Gasteiger partial charge is 0.421 e. The van der Waals surface area contributed by atoms with Gasteiger partial charge in [0, 0.05) is 18.5 Å². The topological polar surface area (TPSA) is 85.1 Å². The van der Waals surface area contributed by atoms with Gasteiger partial charge in [-0.2, -0.15) is 0 Å². The van der Waals surface area contributed by atoms with E-state index in [-0.39, 0.29) is 34.8 Å². The maximum Gasteiger partial charge on any atom is 0.250 e. The Morgan fingerprint density at radius 2 is 1.92 bits per heavy atom. The van der Waals surface area contributed by atoms with E-state index in [2.05, 4.69) is 14.9 Å². The predicted octanol–water partition coefficient (Wildman–Crippen LogP) is 3.11. The van der Waals surface area contributed by atoms with Crippen LogP contribution in [-0.4, -0.2) is 25.2 Å². The maximum absolute atomic E-state index is 12.9. The molecular weight excluding hydrogens is 377 g/mol. The molecule has 6 nitrogen and oxygen atoms in total. The molecule has 0 spiro atoms. The molecule has 2 aromatic heterocycles. The zero-order chi connectivity index (χ0) is 17.2. The highest BCUT2D eigenvalue weighted by Gasteiger charge is 2.17. The Hall–Kier alpha value is -1.81. The van der Waals surface area contributed by atoms with Gasteiger partial charge in [-0.1, -0.05) is 11.6 Å². The van der Waals surface area contributed by atoms with Gasteiger partial charge in [-0.05, 0) is 36.4 Å². The third-order valence-corrected chi connectivity index (χ3v) is 6.19. The minimum Gasteiger partial charge on any atom is -0.421 e. The molecule has 0 aliphatic heterocycles. The highest BCUT2D eigenvalue weighted by molar-refractivity contribution is 7.91. The second-order valence-electron chi connectivity index (χ2n) is 4.71. The number of aromatic nitrogens is 2. The van der Waals surface area contributed by atoms with E-state index in [0.29, 0.717) is 9.90 Å². The zero-order valence-electron chi connectivity index (χ0n) is 12.1. The molecule has 1 N–H and O–H groups in total. The van der Waals surface area contributed by atoms with Crippen molar-refractivity contribution >= 4 is 33.0 Å². The Morgan fingerprint density at radius 1 is 1.17 bits per heavy atom. The van der Waals surface area contributed by atoms with Crippen molar-refractivity contribution in [1.82, 2.24) is 14.9 Å². The maximum atomic E-state index is 12.9. The van der Waals surface area contributed by atoms with Crippen LogP contribution in [0.2, 0.25) is 4.34 Å². The van der Waals surface area contributed by atoms with Crippen molar-refractivity contribution in [3.63, 3.8) is 0 Å². The normalized spacial score (nSPS) is 11.8. The van der Waals surface area contributed by atoms with Crippen molar-refractivity contribution in [3.8, 4) is 11.5 Å². The van der Waals surface area contributed by atoms with Crippen LogP contribution < -0.4 is 4.72 Å². The summed E-state index contributed by atoms with van der Waals surface area (Å²) in [6.07, 6.45) is 0.229. The first kappa shape index (κ1) is 17.0. The lowest BCUT2D eigenvalue weighted by molar-refractivity contribution is 0.502. The Morgan fingerprint density at radius 3 is 2.58 bits per heavy atom. The Labute approximate surface area is 146 Å². The van der Waals surface area contributed by atoms with E-state index in [1.165, 1.54) is 36.4 Å². The molecule has 0 fully saturated rings. The van der Waals surface area contributed by atoms with E-state index in [9.17, 15) is 12.8 Å². The molecule has 1 aromatic carbocycles. The van der Waals surface area contributed by atoms with Crippen molar-refractivity contribution in [1.29, 1.82) is 0 Å². The summed E-state index contributed by atoms with van der Waals surface area (Å²) in [5.41, 5.74) is 0.587. The monoisotopic (exact) mass is 387 g/mol. The van der Waals surface area contributed by atoms with Crippen molar-refractivity contribution in [2.24, 2.45) is 0 Å². The van der Waals surface area contributed by atoms with Gasteiger partial charge in [-0.3, -0.25) is 0 Å². The number of benzene rings is 1. The number of sulfonamides is 1. The molecule has 3 rings (SSSR count). The van der Waals surface area contributed by atoms with Crippen LogP contribution in [0, 0.1) is 5.82 Å². The molecule has 0 saturated heterocycles. The molecule has 0 atom stereocenters. The Kier molecular flexibility index (Phi) is 4.95. The summed E-state index contributed by atoms with van der Waals surface area (Å²) in [6, 6.07) is 8.59. The molecule has 0 saturated carbocycles. The quantitative estimate of drug-likeness (QED) is 0.702. The second kappa shape index (κ2) is 6.98. The van der Waals surface area contributed by atoms with Crippen LogP contribution in [-0.2, 0) is 16.4 Å². The summed E-state index contributed by atoms with van der Waals surface area (Å²) in [6.45, 7) is 0.100. The van der Waals surface area contributed by atoms with Crippen molar-refractivity contribution in [2.45, 2.75) is 10.6 Å².